The van der Waals surface area contributed by atoms with E-state index in [1.807, 2.05) is 4.90 Å². The molecule has 0 aliphatic carbocycles. The highest BCUT2D eigenvalue weighted by molar-refractivity contribution is 6.62. The molecule has 2 heterocycles. The number of carboxylic acid groups (broad SMARTS) is 1. The lowest BCUT2D eigenvalue weighted by molar-refractivity contribution is -0.149. The zero-order valence-corrected chi connectivity index (χ0v) is 17.3. The van der Waals surface area contributed by atoms with Crippen LogP contribution < -0.4 is 10.4 Å². The zero-order chi connectivity index (χ0) is 20.0. The molecule has 148 valence electrons. The molecule has 0 amide bonds. The van der Waals surface area contributed by atoms with E-state index < -0.39 is 11.5 Å². The maximum atomic E-state index is 11.4. The molecule has 2 saturated heterocycles. The van der Waals surface area contributed by atoms with Crippen molar-refractivity contribution in [3.8, 4) is 0 Å². The number of rotatable bonds is 4. The van der Waals surface area contributed by atoms with Crippen molar-refractivity contribution in [3.05, 3.63) is 24.3 Å². The lowest BCUT2D eigenvalue weighted by Gasteiger charge is -2.42. The second-order valence-corrected chi connectivity index (χ2v) is 9.02. The van der Waals surface area contributed by atoms with Crippen LogP contribution in [0.25, 0.3) is 0 Å². The van der Waals surface area contributed by atoms with Gasteiger partial charge in [0, 0.05) is 31.9 Å². The van der Waals surface area contributed by atoms with E-state index in [1.54, 1.807) is 13.8 Å². The summed E-state index contributed by atoms with van der Waals surface area (Å²) in [6.45, 7) is 14.8. The van der Waals surface area contributed by atoms with Gasteiger partial charge in [-0.2, -0.15) is 0 Å². The number of carboxylic acids is 1. The van der Waals surface area contributed by atoms with Crippen LogP contribution in [-0.4, -0.2) is 66.0 Å². The Hall–Kier alpha value is -1.57. The Balaban J connectivity index is 1.63. The van der Waals surface area contributed by atoms with Gasteiger partial charge >= 0.3 is 13.1 Å². The Morgan fingerprint density at radius 1 is 1.00 bits per heavy atom. The van der Waals surface area contributed by atoms with E-state index in [0.717, 1.165) is 37.3 Å². The van der Waals surface area contributed by atoms with Crippen LogP contribution >= 0.6 is 0 Å². The van der Waals surface area contributed by atoms with Crippen molar-refractivity contribution in [2.75, 3.05) is 31.1 Å². The van der Waals surface area contributed by atoms with Crippen molar-refractivity contribution in [3.63, 3.8) is 0 Å². The topological polar surface area (TPSA) is 62.2 Å². The molecule has 27 heavy (non-hydrogen) atoms. The molecule has 2 fully saturated rings. The Morgan fingerprint density at radius 2 is 1.48 bits per heavy atom. The van der Waals surface area contributed by atoms with Gasteiger partial charge in [-0.25, -0.2) is 0 Å². The lowest BCUT2D eigenvalue weighted by atomic mass is 9.79. The molecule has 1 N–H and O–H groups in total. The van der Waals surface area contributed by atoms with Gasteiger partial charge in [-0.1, -0.05) is 12.1 Å². The SMILES string of the molecule is CC(C)(C(=O)O)N1CCN(c2ccc(B3OC(C)(C)C(C)(C)O3)cc2)CC1. The van der Waals surface area contributed by atoms with Crippen molar-refractivity contribution in [2.24, 2.45) is 0 Å². The number of hydrogen-bond donors (Lipinski definition) is 1. The third-order valence-corrected chi connectivity index (χ3v) is 6.38. The van der Waals surface area contributed by atoms with E-state index in [2.05, 4.69) is 56.9 Å². The average Bonchev–Trinajstić information content (AvgIpc) is 2.83. The van der Waals surface area contributed by atoms with Gasteiger partial charge in [0.2, 0.25) is 0 Å². The minimum atomic E-state index is -0.827. The first-order valence-corrected chi connectivity index (χ1v) is 9.63. The van der Waals surface area contributed by atoms with Gasteiger partial charge in [-0.05, 0) is 59.1 Å². The molecule has 0 aromatic heterocycles. The molecular formula is C20H31BN2O4. The van der Waals surface area contributed by atoms with Gasteiger partial charge in [0.25, 0.3) is 0 Å². The maximum absolute atomic E-state index is 11.4. The molecule has 1 aromatic rings. The van der Waals surface area contributed by atoms with Gasteiger partial charge in [0.05, 0.1) is 11.2 Å². The fourth-order valence-corrected chi connectivity index (χ4v) is 3.48. The van der Waals surface area contributed by atoms with Crippen LogP contribution in [0.1, 0.15) is 41.5 Å². The molecule has 0 bridgehead atoms. The van der Waals surface area contributed by atoms with E-state index in [-0.39, 0.29) is 18.3 Å². The summed E-state index contributed by atoms with van der Waals surface area (Å²) < 4.78 is 12.2. The Kier molecular flexibility index (Phi) is 5.08. The maximum Gasteiger partial charge on any atom is 0.494 e. The number of anilines is 1. The van der Waals surface area contributed by atoms with E-state index in [4.69, 9.17) is 9.31 Å². The zero-order valence-electron chi connectivity index (χ0n) is 17.3. The van der Waals surface area contributed by atoms with E-state index in [9.17, 15) is 9.90 Å². The number of aliphatic carboxylic acids is 1. The Bertz CT molecular complexity index is 678. The smallest absolute Gasteiger partial charge is 0.480 e. The van der Waals surface area contributed by atoms with Gasteiger partial charge in [0.15, 0.2) is 0 Å². The summed E-state index contributed by atoms with van der Waals surface area (Å²) in [5.74, 6) is -0.775. The van der Waals surface area contributed by atoms with Crippen molar-refractivity contribution in [2.45, 2.75) is 58.3 Å². The largest absolute Gasteiger partial charge is 0.494 e. The summed E-state index contributed by atoms with van der Waals surface area (Å²) in [6, 6.07) is 8.31. The van der Waals surface area contributed by atoms with Crippen LogP contribution in [0, 0.1) is 0 Å². The summed E-state index contributed by atoms with van der Waals surface area (Å²) in [7, 11) is -0.350. The highest BCUT2D eigenvalue weighted by Gasteiger charge is 2.51. The van der Waals surface area contributed by atoms with Crippen molar-refractivity contribution >= 4 is 24.2 Å². The molecule has 2 aliphatic rings. The monoisotopic (exact) mass is 374 g/mol. The minimum Gasteiger partial charge on any atom is -0.480 e. The summed E-state index contributed by atoms with van der Waals surface area (Å²) in [6.07, 6.45) is 0. The van der Waals surface area contributed by atoms with Gasteiger partial charge < -0.3 is 19.3 Å². The van der Waals surface area contributed by atoms with Crippen molar-refractivity contribution < 1.29 is 19.2 Å². The summed E-state index contributed by atoms with van der Waals surface area (Å²) >= 11 is 0. The number of nitrogens with zero attached hydrogens (tertiary/aromatic N) is 2. The van der Waals surface area contributed by atoms with Gasteiger partial charge in [-0.15, -0.1) is 0 Å². The van der Waals surface area contributed by atoms with E-state index >= 15 is 0 Å². The van der Waals surface area contributed by atoms with Crippen LogP contribution in [0.3, 0.4) is 0 Å². The first-order chi connectivity index (χ1) is 12.4. The molecule has 7 heteroatoms. The lowest BCUT2D eigenvalue weighted by Crippen LogP contribution is -2.58. The normalized spacial score (nSPS) is 22.9. The Labute approximate surface area is 162 Å². The average molecular weight is 374 g/mol. The van der Waals surface area contributed by atoms with Crippen LogP contribution in [0.2, 0.25) is 0 Å². The molecule has 6 nitrogen and oxygen atoms in total. The van der Waals surface area contributed by atoms with E-state index in [1.165, 1.54) is 0 Å². The molecular weight excluding hydrogens is 343 g/mol. The number of piperazine rings is 1. The molecule has 0 saturated carbocycles. The molecule has 0 unspecified atom stereocenters. The van der Waals surface area contributed by atoms with Crippen LogP contribution in [0.4, 0.5) is 5.69 Å². The molecule has 3 rings (SSSR count). The predicted octanol–water partition coefficient (Wildman–Crippen LogP) is 1.97. The standard InChI is InChI=1S/C20H31BN2O4/c1-18(2,17(24)25)23-13-11-22(12-14-23)16-9-7-15(8-10-16)21-26-19(3,4)20(5,6)27-21/h7-10H,11-14H2,1-6H3,(H,24,25). The number of carbonyl (C=O) groups is 1. The molecule has 0 radical (unpaired) electrons. The van der Waals surface area contributed by atoms with Crippen molar-refractivity contribution in [1.82, 2.24) is 4.90 Å². The summed E-state index contributed by atoms with van der Waals surface area (Å²) in [4.78, 5) is 15.8. The van der Waals surface area contributed by atoms with Crippen LogP contribution in [0.5, 0.6) is 0 Å². The molecule has 1 aromatic carbocycles. The predicted molar refractivity (Wildman–Crippen MR) is 108 cm³/mol. The van der Waals surface area contributed by atoms with Crippen LogP contribution in [0.15, 0.2) is 24.3 Å². The highest BCUT2D eigenvalue weighted by atomic mass is 16.7. The molecule has 2 aliphatic heterocycles. The van der Waals surface area contributed by atoms with Gasteiger partial charge in [-0.3, -0.25) is 9.69 Å². The second-order valence-electron chi connectivity index (χ2n) is 9.02. The third-order valence-electron chi connectivity index (χ3n) is 6.38. The van der Waals surface area contributed by atoms with Gasteiger partial charge in [0.1, 0.15) is 5.54 Å². The van der Waals surface area contributed by atoms with Crippen molar-refractivity contribution in [1.29, 1.82) is 0 Å². The molecule has 0 spiro atoms. The Morgan fingerprint density at radius 3 is 1.93 bits per heavy atom. The fourth-order valence-electron chi connectivity index (χ4n) is 3.48. The van der Waals surface area contributed by atoms with Crippen LogP contribution in [-0.2, 0) is 14.1 Å². The first kappa shape index (κ1) is 20.2. The third kappa shape index (κ3) is 3.73. The highest BCUT2D eigenvalue weighted by Crippen LogP contribution is 2.36. The molecule has 0 atom stereocenters. The minimum absolute atomic E-state index is 0.344. The number of benzene rings is 1. The second kappa shape index (κ2) is 6.80. The number of hydrogen-bond acceptors (Lipinski definition) is 5. The fraction of sp³-hybridized carbons (Fsp3) is 0.650. The summed E-state index contributed by atoms with van der Waals surface area (Å²) in [5.41, 5.74) is 0.644. The quantitative estimate of drug-likeness (QED) is 0.814. The summed E-state index contributed by atoms with van der Waals surface area (Å²) in [5, 5.41) is 9.41. The van der Waals surface area contributed by atoms with E-state index in [0.29, 0.717) is 0 Å². The first-order valence-electron chi connectivity index (χ1n) is 9.63.